The number of nitrogens with zero attached hydrogens (tertiary/aromatic N) is 2. The number of carbonyl (C=O) groups is 1. The van der Waals surface area contributed by atoms with E-state index in [1.807, 2.05) is 18.2 Å². The maximum absolute atomic E-state index is 12.9. The smallest absolute Gasteiger partial charge is 0.280 e. The van der Waals surface area contributed by atoms with Crippen LogP contribution in [0, 0.1) is 0 Å². The number of anilines is 1. The summed E-state index contributed by atoms with van der Waals surface area (Å²) in [5.74, 6) is 1.59. The molecule has 1 saturated heterocycles. The zero-order chi connectivity index (χ0) is 16.5. The topological polar surface area (TPSA) is 55.6 Å². The van der Waals surface area contributed by atoms with Gasteiger partial charge in [0.05, 0.1) is 5.69 Å². The minimum Gasteiger partial charge on any atom is -0.448 e. The van der Waals surface area contributed by atoms with Crippen LogP contribution in [0.1, 0.15) is 35.1 Å². The number of fused-ring (bicyclic) bond motifs is 1. The molecule has 0 unspecified atom stereocenters. The van der Waals surface area contributed by atoms with Crippen LogP contribution in [0.15, 0.2) is 33.8 Å². The molecule has 1 fully saturated rings. The van der Waals surface area contributed by atoms with E-state index in [0.29, 0.717) is 36.4 Å². The number of oxazole rings is 1. The molecule has 1 aromatic heterocycles. The Morgan fingerprint density at radius 3 is 3.00 bits per heavy atom. The molecule has 1 aromatic carbocycles. The third-order valence-corrected chi connectivity index (χ3v) is 5.62. The predicted molar refractivity (Wildman–Crippen MR) is 93.1 cm³/mol. The number of ether oxygens (including phenoxy) is 1. The largest absolute Gasteiger partial charge is 0.448 e. The molecule has 2 aliphatic rings. The van der Waals surface area contributed by atoms with Crippen LogP contribution in [0.25, 0.3) is 0 Å². The van der Waals surface area contributed by atoms with Gasteiger partial charge in [0, 0.05) is 41.3 Å². The molecule has 3 heterocycles. The van der Waals surface area contributed by atoms with Crippen LogP contribution < -0.4 is 4.90 Å². The summed E-state index contributed by atoms with van der Waals surface area (Å²) >= 11 is 7.84. The lowest BCUT2D eigenvalue weighted by Gasteiger charge is -2.28. The highest BCUT2D eigenvalue weighted by molar-refractivity contribution is 7.99. The van der Waals surface area contributed by atoms with Crippen LogP contribution in [0.2, 0.25) is 5.02 Å². The van der Waals surface area contributed by atoms with Crippen molar-refractivity contribution in [3.8, 4) is 0 Å². The summed E-state index contributed by atoms with van der Waals surface area (Å²) in [6.45, 7) is 2.06. The normalized spacial score (nSPS) is 18.5. The molecule has 0 bridgehead atoms. The molecular weight excluding hydrogens is 348 g/mol. The van der Waals surface area contributed by atoms with Crippen LogP contribution in [0.5, 0.6) is 0 Å². The molecule has 1 amide bonds. The summed E-state index contributed by atoms with van der Waals surface area (Å²) in [5.41, 5.74) is 1.20. The number of hydrogen-bond donors (Lipinski definition) is 0. The second-order valence-electron chi connectivity index (χ2n) is 5.87. The summed E-state index contributed by atoms with van der Waals surface area (Å²) < 4.78 is 10.9. The molecule has 0 saturated carbocycles. The Hall–Kier alpha value is -1.50. The number of halogens is 1. The van der Waals surface area contributed by atoms with Gasteiger partial charge in [-0.3, -0.25) is 4.79 Å². The molecule has 0 radical (unpaired) electrons. The molecule has 7 heteroatoms. The van der Waals surface area contributed by atoms with Gasteiger partial charge < -0.3 is 14.1 Å². The lowest BCUT2D eigenvalue weighted by Crippen LogP contribution is -2.35. The van der Waals surface area contributed by atoms with Gasteiger partial charge in [-0.2, -0.15) is 0 Å². The molecule has 5 nitrogen and oxygen atoms in total. The van der Waals surface area contributed by atoms with Crippen LogP contribution in [0.3, 0.4) is 0 Å². The third kappa shape index (κ3) is 3.06. The molecule has 0 aliphatic carbocycles. The maximum atomic E-state index is 12.9. The quantitative estimate of drug-likeness (QED) is 0.806. The van der Waals surface area contributed by atoms with Crippen molar-refractivity contribution >= 4 is 35.0 Å². The SMILES string of the molecule is O=C(c1coc(C2CCOCC2)n1)N1CCSc2ccc(Cl)cc21. The van der Waals surface area contributed by atoms with Gasteiger partial charge in [-0.25, -0.2) is 4.98 Å². The first-order valence-corrected chi connectivity index (χ1v) is 9.36. The second kappa shape index (κ2) is 6.78. The first kappa shape index (κ1) is 16.0. The minimum absolute atomic E-state index is 0.138. The number of aromatic nitrogens is 1. The lowest BCUT2D eigenvalue weighted by atomic mass is 10.0. The van der Waals surface area contributed by atoms with Gasteiger partial charge >= 0.3 is 0 Å². The van der Waals surface area contributed by atoms with E-state index in [0.717, 1.165) is 29.2 Å². The molecule has 0 N–H and O–H groups in total. The summed E-state index contributed by atoms with van der Waals surface area (Å²) in [6, 6.07) is 5.64. The van der Waals surface area contributed by atoms with E-state index in [1.165, 1.54) is 6.26 Å². The maximum Gasteiger partial charge on any atom is 0.280 e. The van der Waals surface area contributed by atoms with E-state index < -0.39 is 0 Å². The van der Waals surface area contributed by atoms with Gasteiger partial charge in [0.2, 0.25) is 0 Å². The van der Waals surface area contributed by atoms with Gasteiger partial charge in [0.25, 0.3) is 5.91 Å². The molecule has 4 rings (SSSR count). The van der Waals surface area contributed by atoms with Crippen molar-refractivity contribution in [3.63, 3.8) is 0 Å². The molecule has 0 spiro atoms. The molecule has 24 heavy (non-hydrogen) atoms. The highest BCUT2D eigenvalue weighted by Crippen LogP contribution is 2.37. The number of hydrogen-bond acceptors (Lipinski definition) is 5. The van der Waals surface area contributed by atoms with Crippen LogP contribution in [-0.4, -0.2) is 36.4 Å². The van der Waals surface area contributed by atoms with Gasteiger partial charge in [-0.1, -0.05) is 11.6 Å². The van der Waals surface area contributed by atoms with Crippen LogP contribution in [-0.2, 0) is 4.74 Å². The first-order chi connectivity index (χ1) is 11.7. The zero-order valence-electron chi connectivity index (χ0n) is 13.0. The number of thioether (sulfide) groups is 1. The molecule has 0 atom stereocenters. The van der Waals surface area contributed by atoms with E-state index in [4.69, 9.17) is 20.8 Å². The third-order valence-electron chi connectivity index (χ3n) is 4.34. The standard InChI is InChI=1S/C17H17ClN2O3S/c18-12-1-2-15-14(9-12)20(5-8-24-15)17(21)13-10-23-16(19-13)11-3-6-22-7-4-11/h1-2,9-11H,3-8H2. The fraction of sp³-hybridized carbons (Fsp3) is 0.412. The van der Waals surface area contributed by atoms with Crippen LogP contribution in [0.4, 0.5) is 5.69 Å². The molecule has 2 aromatic rings. The van der Waals surface area contributed by atoms with E-state index >= 15 is 0 Å². The lowest BCUT2D eigenvalue weighted by molar-refractivity contribution is 0.0794. The highest BCUT2D eigenvalue weighted by atomic mass is 35.5. The Morgan fingerprint density at radius 1 is 1.33 bits per heavy atom. The Kier molecular flexibility index (Phi) is 4.52. The monoisotopic (exact) mass is 364 g/mol. The summed E-state index contributed by atoms with van der Waals surface area (Å²) in [7, 11) is 0. The Morgan fingerprint density at radius 2 is 2.17 bits per heavy atom. The summed E-state index contributed by atoms with van der Waals surface area (Å²) in [5, 5.41) is 0.622. The number of carbonyl (C=O) groups excluding carboxylic acids is 1. The van der Waals surface area contributed by atoms with Gasteiger partial charge in [0.15, 0.2) is 11.6 Å². The zero-order valence-corrected chi connectivity index (χ0v) is 14.6. The fourth-order valence-electron chi connectivity index (χ4n) is 3.06. The van der Waals surface area contributed by atoms with E-state index in [-0.39, 0.29) is 11.8 Å². The Bertz CT molecular complexity index is 758. The van der Waals surface area contributed by atoms with Crippen molar-refractivity contribution in [2.45, 2.75) is 23.7 Å². The molecular formula is C17H17ClN2O3S. The Balaban J connectivity index is 1.59. The predicted octanol–water partition coefficient (Wildman–Crippen LogP) is 3.97. The summed E-state index contributed by atoms with van der Waals surface area (Å²) in [4.78, 5) is 20.1. The van der Waals surface area contributed by atoms with Crippen molar-refractivity contribution in [3.05, 3.63) is 41.1 Å². The van der Waals surface area contributed by atoms with Gasteiger partial charge in [0.1, 0.15) is 6.26 Å². The molecule has 2 aliphatic heterocycles. The first-order valence-electron chi connectivity index (χ1n) is 8.00. The van der Waals surface area contributed by atoms with Gasteiger partial charge in [-0.05, 0) is 31.0 Å². The highest BCUT2D eigenvalue weighted by Gasteiger charge is 2.28. The van der Waals surface area contributed by atoms with Crippen LogP contribution >= 0.6 is 23.4 Å². The second-order valence-corrected chi connectivity index (χ2v) is 7.45. The van der Waals surface area contributed by atoms with E-state index in [2.05, 4.69) is 4.98 Å². The average molecular weight is 365 g/mol. The number of amides is 1. The van der Waals surface area contributed by atoms with Crippen molar-refractivity contribution in [1.29, 1.82) is 0 Å². The Labute approximate surface area is 149 Å². The van der Waals surface area contributed by atoms with E-state index in [1.54, 1.807) is 16.7 Å². The fourth-order valence-corrected chi connectivity index (χ4v) is 4.20. The van der Waals surface area contributed by atoms with Crippen molar-refractivity contribution in [2.75, 3.05) is 30.4 Å². The van der Waals surface area contributed by atoms with Crippen molar-refractivity contribution in [1.82, 2.24) is 4.98 Å². The number of rotatable bonds is 2. The van der Waals surface area contributed by atoms with Crippen molar-refractivity contribution < 1.29 is 13.9 Å². The molecule has 126 valence electrons. The number of benzene rings is 1. The van der Waals surface area contributed by atoms with Crippen molar-refractivity contribution in [2.24, 2.45) is 0 Å². The van der Waals surface area contributed by atoms with E-state index in [9.17, 15) is 4.79 Å². The minimum atomic E-state index is -0.138. The van der Waals surface area contributed by atoms with Gasteiger partial charge in [-0.15, -0.1) is 11.8 Å². The summed E-state index contributed by atoms with van der Waals surface area (Å²) in [6.07, 6.45) is 3.24. The average Bonchev–Trinajstić information content (AvgIpc) is 3.11.